The molecule has 0 aliphatic heterocycles. The third kappa shape index (κ3) is 5.23. The summed E-state index contributed by atoms with van der Waals surface area (Å²) in [5.74, 6) is 1.83. The van der Waals surface area contributed by atoms with Gasteiger partial charge in [-0.05, 0) is 43.2 Å². The van der Waals surface area contributed by atoms with Crippen LogP contribution in [0.25, 0.3) is 20.8 Å². The van der Waals surface area contributed by atoms with Crippen molar-refractivity contribution in [2.24, 2.45) is 5.92 Å². The summed E-state index contributed by atoms with van der Waals surface area (Å²) in [6.07, 6.45) is -1.67. The van der Waals surface area contributed by atoms with Crippen molar-refractivity contribution in [2.75, 3.05) is 31.5 Å². The Balaban J connectivity index is 1.49. The van der Waals surface area contributed by atoms with Crippen LogP contribution in [0.4, 0.5) is 11.8 Å². The van der Waals surface area contributed by atoms with Crippen LogP contribution in [-0.4, -0.2) is 69.3 Å². The van der Waals surface area contributed by atoms with Gasteiger partial charge in [0.2, 0.25) is 5.95 Å². The first kappa shape index (κ1) is 26.1. The van der Waals surface area contributed by atoms with Crippen molar-refractivity contribution in [1.29, 1.82) is 0 Å². The molecule has 4 aromatic rings. The van der Waals surface area contributed by atoms with Crippen LogP contribution in [0.15, 0.2) is 42.5 Å². The highest BCUT2D eigenvalue weighted by atomic mass is 32.1. The minimum absolute atomic E-state index is 0.208. The summed E-state index contributed by atoms with van der Waals surface area (Å²) in [5, 5.41) is 38.0. The first-order valence-corrected chi connectivity index (χ1v) is 13.2. The van der Waals surface area contributed by atoms with Crippen LogP contribution in [0, 0.1) is 12.8 Å². The van der Waals surface area contributed by atoms with Crippen molar-refractivity contribution < 1.29 is 24.8 Å². The van der Waals surface area contributed by atoms with E-state index in [-0.39, 0.29) is 6.61 Å². The lowest BCUT2D eigenvalue weighted by atomic mass is 10.1. The van der Waals surface area contributed by atoms with E-state index in [9.17, 15) is 15.3 Å². The molecule has 1 aliphatic rings. The van der Waals surface area contributed by atoms with Crippen molar-refractivity contribution in [1.82, 2.24) is 15.0 Å². The molecular weight excluding hydrogens is 506 g/mol. The highest BCUT2D eigenvalue weighted by molar-refractivity contribution is 7.21. The molecule has 38 heavy (non-hydrogen) atoms. The van der Waals surface area contributed by atoms with Gasteiger partial charge < -0.3 is 35.4 Å². The number of aromatic nitrogens is 3. The van der Waals surface area contributed by atoms with Gasteiger partial charge >= 0.3 is 0 Å². The fourth-order valence-corrected chi connectivity index (χ4v) is 5.83. The highest BCUT2D eigenvalue weighted by Gasteiger charge is 2.41. The minimum Gasteiger partial charge on any atom is -0.497 e. The van der Waals surface area contributed by atoms with Crippen molar-refractivity contribution in [3.05, 3.63) is 53.7 Å². The Morgan fingerprint density at radius 2 is 1.74 bits per heavy atom. The molecule has 200 valence electrons. The third-order valence-corrected chi connectivity index (χ3v) is 7.87. The van der Waals surface area contributed by atoms with Gasteiger partial charge in [-0.2, -0.15) is 4.98 Å². The summed E-state index contributed by atoms with van der Waals surface area (Å²) >= 11 is 1.54. The monoisotopic (exact) mass is 537 g/mol. The van der Waals surface area contributed by atoms with E-state index in [0.717, 1.165) is 26.4 Å². The molecule has 0 bridgehead atoms. The van der Waals surface area contributed by atoms with E-state index in [2.05, 4.69) is 10.6 Å². The fraction of sp³-hybridized carbons (Fsp3) is 0.370. The van der Waals surface area contributed by atoms with Gasteiger partial charge in [-0.15, -0.1) is 11.3 Å². The lowest BCUT2D eigenvalue weighted by molar-refractivity contribution is 0.00446. The topological polar surface area (TPSA) is 142 Å². The molecule has 0 unspecified atom stereocenters. The minimum atomic E-state index is -1.05. The molecule has 1 saturated carbocycles. The van der Waals surface area contributed by atoms with E-state index >= 15 is 0 Å². The predicted octanol–water partition coefficient (Wildman–Crippen LogP) is 3.21. The van der Waals surface area contributed by atoms with E-state index in [4.69, 9.17) is 24.4 Å². The van der Waals surface area contributed by atoms with Crippen molar-refractivity contribution >= 4 is 33.3 Å². The molecule has 11 heteroatoms. The van der Waals surface area contributed by atoms with Gasteiger partial charge in [0, 0.05) is 25.1 Å². The van der Waals surface area contributed by atoms with Gasteiger partial charge in [-0.3, -0.25) is 0 Å². The second kappa shape index (κ2) is 11.1. The zero-order chi connectivity index (χ0) is 26.8. The quantitative estimate of drug-likeness (QED) is 0.216. The number of aliphatic hydroxyl groups is 3. The molecule has 0 spiro atoms. The number of aryl methyl sites for hydroxylation is 1. The van der Waals surface area contributed by atoms with Crippen molar-refractivity contribution in [2.45, 2.75) is 38.1 Å². The van der Waals surface area contributed by atoms with E-state index in [1.807, 2.05) is 43.3 Å². The second-order valence-electron chi connectivity index (χ2n) is 9.33. The van der Waals surface area contributed by atoms with Crippen molar-refractivity contribution in [3.63, 3.8) is 0 Å². The lowest BCUT2D eigenvalue weighted by Gasteiger charge is -2.21. The number of benzene rings is 2. The third-order valence-electron chi connectivity index (χ3n) is 6.82. The molecule has 2 aromatic heterocycles. The van der Waals surface area contributed by atoms with Crippen LogP contribution in [0.3, 0.4) is 0 Å². The number of hydrogen-bond acceptors (Lipinski definition) is 11. The van der Waals surface area contributed by atoms with Crippen LogP contribution >= 0.6 is 11.3 Å². The maximum atomic E-state index is 10.7. The van der Waals surface area contributed by atoms with Crippen LogP contribution in [0.2, 0.25) is 0 Å². The van der Waals surface area contributed by atoms with Gasteiger partial charge in [0.25, 0.3) is 0 Å². The molecule has 5 rings (SSSR count). The first-order valence-electron chi connectivity index (χ1n) is 12.3. The smallest absolute Gasteiger partial charge is 0.225 e. The number of hydrogen-bond donors (Lipinski definition) is 5. The summed E-state index contributed by atoms with van der Waals surface area (Å²) in [5.41, 5.74) is 3.24. The second-order valence-corrected chi connectivity index (χ2v) is 10.4. The molecule has 4 atom stereocenters. The summed E-state index contributed by atoms with van der Waals surface area (Å²) in [6.45, 7) is 2.11. The summed E-state index contributed by atoms with van der Waals surface area (Å²) in [7, 11) is 3.21. The highest BCUT2D eigenvalue weighted by Crippen LogP contribution is 2.38. The maximum absolute atomic E-state index is 10.7. The Morgan fingerprint density at radius 1 is 1.00 bits per heavy atom. The number of nitrogens with one attached hydrogen (secondary N) is 2. The van der Waals surface area contributed by atoms with E-state index in [1.165, 1.54) is 11.3 Å². The molecule has 5 N–H and O–H groups in total. The normalized spacial score (nSPS) is 21.0. The van der Waals surface area contributed by atoms with E-state index in [1.54, 1.807) is 20.3 Å². The summed E-state index contributed by atoms with van der Waals surface area (Å²) in [6, 6.07) is 13.0. The molecule has 2 aromatic carbocycles. The van der Waals surface area contributed by atoms with Crippen LogP contribution in [0.1, 0.15) is 17.7 Å². The molecule has 0 saturated heterocycles. The van der Waals surface area contributed by atoms with E-state index < -0.39 is 24.2 Å². The molecule has 2 heterocycles. The molecular formula is C27H31N5O5S. The molecule has 1 fully saturated rings. The average molecular weight is 538 g/mol. The van der Waals surface area contributed by atoms with Gasteiger partial charge in [-0.25, -0.2) is 9.97 Å². The fourth-order valence-electron chi connectivity index (χ4n) is 4.77. The van der Waals surface area contributed by atoms with Gasteiger partial charge in [0.05, 0.1) is 47.8 Å². The standard InChI is InChI=1S/C27H31N5O5S/c1-14-22(26-31-19-6-4-5-7-21(19)38-26)25(30-20-10-16(13-33)23(34)24(20)35)32-27(29-14)28-12-15-8-17(36-2)11-18(9-15)37-3/h4-9,11,16,20,23-24,33-35H,10,12-13H2,1-3H3,(H2,28,29,30,32)/t16-,20-,23-,24+/m1/s1. The van der Waals surface area contributed by atoms with Crippen LogP contribution in [-0.2, 0) is 6.54 Å². The maximum Gasteiger partial charge on any atom is 0.225 e. The number of ether oxygens (including phenoxy) is 2. The number of aliphatic hydroxyl groups excluding tert-OH is 3. The molecule has 1 aliphatic carbocycles. The summed E-state index contributed by atoms with van der Waals surface area (Å²) < 4.78 is 11.8. The SMILES string of the molecule is COc1cc(CNc2nc(C)c(-c3nc4ccccc4s3)c(N[C@@H]3C[C@H](CO)[C@@H](O)[C@H]3O)n2)cc(OC)c1. The Kier molecular flexibility index (Phi) is 7.61. The molecule has 0 radical (unpaired) electrons. The number of fused-ring (bicyclic) bond motifs is 1. The largest absolute Gasteiger partial charge is 0.497 e. The number of para-hydroxylation sites is 1. The number of thiazole rings is 1. The average Bonchev–Trinajstić information content (AvgIpc) is 3.47. The lowest BCUT2D eigenvalue weighted by Crippen LogP contribution is -2.35. The van der Waals surface area contributed by atoms with Crippen LogP contribution < -0.4 is 20.1 Å². The predicted molar refractivity (Wildman–Crippen MR) is 147 cm³/mol. The Labute approximate surface area is 224 Å². The first-order chi connectivity index (χ1) is 18.4. The van der Waals surface area contributed by atoms with Crippen molar-refractivity contribution in [3.8, 4) is 22.1 Å². The van der Waals surface area contributed by atoms with Gasteiger partial charge in [0.15, 0.2) is 0 Å². The number of rotatable bonds is 9. The zero-order valence-electron chi connectivity index (χ0n) is 21.4. The van der Waals surface area contributed by atoms with Gasteiger partial charge in [-0.1, -0.05) is 12.1 Å². The number of methoxy groups -OCH3 is 2. The zero-order valence-corrected chi connectivity index (χ0v) is 22.2. The molecule has 10 nitrogen and oxygen atoms in total. The van der Waals surface area contributed by atoms with Crippen LogP contribution in [0.5, 0.6) is 11.5 Å². The Morgan fingerprint density at radius 3 is 2.39 bits per heavy atom. The van der Waals surface area contributed by atoms with E-state index in [0.29, 0.717) is 41.9 Å². The molecule has 0 amide bonds. The number of nitrogens with zero attached hydrogens (tertiary/aromatic N) is 3. The Hall–Kier alpha value is -3.51. The Bertz CT molecular complexity index is 1380. The number of anilines is 2. The summed E-state index contributed by atoms with van der Waals surface area (Å²) in [4.78, 5) is 14.3. The van der Waals surface area contributed by atoms with Gasteiger partial charge in [0.1, 0.15) is 28.4 Å².